The Morgan fingerprint density at radius 3 is 2.57 bits per heavy atom. The molecule has 2 aromatic heterocycles. The Kier molecular flexibility index (Phi) is 5.39. The van der Waals surface area contributed by atoms with E-state index in [-0.39, 0.29) is 5.78 Å². The molecular weight excluding hydrogens is 350 g/mol. The van der Waals surface area contributed by atoms with Gasteiger partial charge < -0.3 is 14.8 Å². The number of aryl methyl sites for hydroxylation is 1. The van der Waals surface area contributed by atoms with Crippen LogP contribution in [-0.4, -0.2) is 40.0 Å². The van der Waals surface area contributed by atoms with E-state index in [4.69, 9.17) is 0 Å². The van der Waals surface area contributed by atoms with Gasteiger partial charge in [0.1, 0.15) is 0 Å². The van der Waals surface area contributed by atoms with Crippen molar-refractivity contribution in [3.8, 4) is 0 Å². The third-order valence-corrected chi connectivity index (χ3v) is 5.73. The van der Waals surface area contributed by atoms with Crippen molar-refractivity contribution in [2.45, 2.75) is 26.3 Å². The topological polar surface area (TPSA) is 63.1 Å². The Morgan fingerprint density at radius 1 is 1.18 bits per heavy atom. The number of nitrogens with zero attached hydrogens (tertiary/aromatic N) is 4. The molecule has 6 heteroatoms. The van der Waals surface area contributed by atoms with E-state index in [1.165, 1.54) is 23.5 Å². The molecule has 3 aromatic rings. The summed E-state index contributed by atoms with van der Waals surface area (Å²) in [6, 6.07) is 10.8. The number of ketones is 1. The Hall–Kier alpha value is -2.73. The molecule has 1 saturated heterocycles. The van der Waals surface area contributed by atoms with E-state index < -0.39 is 0 Å². The minimum Gasteiger partial charge on any atom is -0.346 e. The molecule has 0 aliphatic carbocycles. The molecule has 0 spiro atoms. The molecule has 0 amide bonds. The van der Waals surface area contributed by atoms with Gasteiger partial charge in [-0.2, -0.15) is 0 Å². The van der Waals surface area contributed by atoms with Gasteiger partial charge in [0.2, 0.25) is 5.95 Å². The molecule has 3 heterocycles. The summed E-state index contributed by atoms with van der Waals surface area (Å²) in [5, 5.41) is 4.94. The highest BCUT2D eigenvalue weighted by Crippen LogP contribution is 2.21. The molecule has 1 aromatic carbocycles. The molecule has 1 aliphatic heterocycles. The van der Waals surface area contributed by atoms with Crippen LogP contribution in [0.25, 0.3) is 10.9 Å². The number of carbonyl (C=O) groups is 1. The van der Waals surface area contributed by atoms with Crippen LogP contribution in [0, 0.1) is 5.92 Å². The Bertz CT molecular complexity index is 955. The lowest BCUT2D eigenvalue weighted by Gasteiger charge is -2.32. The zero-order valence-corrected chi connectivity index (χ0v) is 16.6. The molecule has 28 heavy (non-hydrogen) atoms. The fourth-order valence-corrected chi connectivity index (χ4v) is 3.92. The molecule has 0 bridgehead atoms. The summed E-state index contributed by atoms with van der Waals surface area (Å²) in [6.45, 7) is 5.37. The minimum absolute atomic E-state index is 0.00227. The number of hydrogen-bond acceptors (Lipinski definition) is 5. The summed E-state index contributed by atoms with van der Waals surface area (Å²) in [4.78, 5) is 22.3. The predicted octanol–water partition coefficient (Wildman–Crippen LogP) is 3.18. The zero-order chi connectivity index (χ0) is 19.5. The van der Waals surface area contributed by atoms with Crippen molar-refractivity contribution >= 4 is 22.6 Å². The van der Waals surface area contributed by atoms with Gasteiger partial charge in [0.25, 0.3) is 0 Å². The number of anilines is 1. The van der Waals surface area contributed by atoms with Crippen LogP contribution in [0.1, 0.15) is 35.8 Å². The maximum atomic E-state index is 11.3. The SMILES string of the molecule is CC(=O)c1cnc(N2CCC(CNCc3cc4ccccc4n3C)CC2)nc1. The third-order valence-electron chi connectivity index (χ3n) is 5.73. The first-order valence-electron chi connectivity index (χ1n) is 9.94. The number of hydrogen-bond donors (Lipinski definition) is 1. The minimum atomic E-state index is 0.00227. The monoisotopic (exact) mass is 377 g/mol. The highest BCUT2D eigenvalue weighted by atomic mass is 16.1. The largest absolute Gasteiger partial charge is 0.346 e. The highest BCUT2D eigenvalue weighted by Gasteiger charge is 2.21. The zero-order valence-electron chi connectivity index (χ0n) is 16.6. The summed E-state index contributed by atoms with van der Waals surface area (Å²) < 4.78 is 2.27. The molecule has 1 fully saturated rings. The van der Waals surface area contributed by atoms with Gasteiger partial charge in [0, 0.05) is 50.3 Å². The number of rotatable bonds is 6. The van der Waals surface area contributed by atoms with Crippen molar-refractivity contribution in [3.05, 3.63) is 54.0 Å². The standard InChI is InChI=1S/C22H27N5O/c1-16(28)19-13-24-22(25-14-19)27-9-7-17(8-10-27)12-23-15-20-11-18-5-3-4-6-21(18)26(20)2/h3-6,11,13-14,17,23H,7-10,12,15H2,1-2H3. The van der Waals surface area contributed by atoms with E-state index in [0.717, 1.165) is 45.0 Å². The van der Waals surface area contributed by atoms with Crippen molar-refractivity contribution in [2.75, 3.05) is 24.5 Å². The normalized spacial score (nSPS) is 15.3. The van der Waals surface area contributed by atoms with Crippen LogP contribution in [0.3, 0.4) is 0 Å². The first kappa shape index (κ1) is 18.6. The lowest BCUT2D eigenvalue weighted by atomic mass is 9.97. The molecule has 1 N–H and O–H groups in total. The lowest BCUT2D eigenvalue weighted by Crippen LogP contribution is -2.38. The number of carbonyl (C=O) groups excluding carboxylic acids is 1. The number of para-hydroxylation sites is 1. The van der Waals surface area contributed by atoms with Gasteiger partial charge in [-0.3, -0.25) is 4.79 Å². The van der Waals surface area contributed by atoms with Crippen molar-refractivity contribution in [3.63, 3.8) is 0 Å². The number of benzene rings is 1. The smallest absolute Gasteiger partial charge is 0.225 e. The number of piperidine rings is 1. The molecule has 1 aliphatic rings. The van der Waals surface area contributed by atoms with Crippen LogP contribution >= 0.6 is 0 Å². The summed E-state index contributed by atoms with van der Waals surface area (Å²) in [5.41, 5.74) is 3.16. The predicted molar refractivity (Wildman–Crippen MR) is 112 cm³/mol. The summed E-state index contributed by atoms with van der Waals surface area (Å²) in [5.74, 6) is 1.40. The fourth-order valence-electron chi connectivity index (χ4n) is 3.92. The van der Waals surface area contributed by atoms with Gasteiger partial charge in [-0.15, -0.1) is 0 Å². The van der Waals surface area contributed by atoms with Gasteiger partial charge >= 0.3 is 0 Å². The fraction of sp³-hybridized carbons (Fsp3) is 0.409. The van der Waals surface area contributed by atoms with Crippen molar-refractivity contribution < 1.29 is 4.79 Å². The second-order valence-corrected chi connectivity index (χ2v) is 7.64. The number of aromatic nitrogens is 3. The van der Waals surface area contributed by atoms with Gasteiger partial charge in [-0.05, 0) is 49.7 Å². The molecule has 6 nitrogen and oxygen atoms in total. The quantitative estimate of drug-likeness (QED) is 0.669. The van der Waals surface area contributed by atoms with Gasteiger partial charge in [-0.1, -0.05) is 18.2 Å². The van der Waals surface area contributed by atoms with E-state index in [0.29, 0.717) is 11.5 Å². The van der Waals surface area contributed by atoms with Crippen LogP contribution in [0.4, 0.5) is 5.95 Å². The van der Waals surface area contributed by atoms with Gasteiger partial charge in [0.05, 0.1) is 5.56 Å². The number of nitrogens with one attached hydrogen (secondary N) is 1. The lowest BCUT2D eigenvalue weighted by molar-refractivity contribution is 0.101. The Labute approximate surface area is 165 Å². The third kappa shape index (κ3) is 3.92. The second kappa shape index (κ2) is 8.10. The molecule has 4 rings (SSSR count). The molecule has 0 radical (unpaired) electrons. The van der Waals surface area contributed by atoms with Crippen molar-refractivity contribution in [2.24, 2.45) is 13.0 Å². The highest BCUT2D eigenvalue weighted by molar-refractivity contribution is 5.93. The summed E-state index contributed by atoms with van der Waals surface area (Å²) in [7, 11) is 2.13. The van der Waals surface area contributed by atoms with E-state index in [2.05, 4.69) is 62.1 Å². The van der Waals surface area contributed by atoms with E-state index in [9.17, 15) is 4.79 Å². The van der Waals surface area contributed by atoms with Crippen LogP contribution in [0.2, 0.25) is 0 Å². The Balaban J connectivity index is 1.26. The molecule has 0 atom stereocenters. The first-order valence-corrected chi connectivity index (χ1v) is 9.94. The Morgan fingerprint density at radius 2 is 1.89 bits per heavy atom. The van der Waals surface area contributed by atoms with E-state index in [1.807, 2.05) is 0 Å². The first-order chi connectivity index (χ1) is 13.6. The van der Waals surface area contributed by atoms with E-state index >= 15 is 0 Å². The van der Waals surface area contributed by atoms with Crippen LogP contribution < -0.4 is 10.2 Å². The van der Waals surface area contributed by atoms with Crippen LogP contribution in [0.5, 0.6) is 0 Å². The average Bonchev–Trinajstić information content (AvgIpc) is 3.05. The van der Waals surface area contributed by atoms with Crippen LogP contribution in [-0.2, 0) is 13.6 Å². The van der Waals surface area contributed by atoms with E-state index in [1.54, 1.807) is 12.4 Å². The maximum absolute atomic E-state index is 11.3. The van der Waals surface area contributed by atoms with Crippen molar-refractivity contribution in [1.82, 2.24) is 19.9 Å². The van der Waals surface area contributed by atoms with Crippen LogP contribution in [0.15, 0.2) is 42.7 Å². The summed E-state index contributed by atoms with van der Waals surface area (Å²) >= 11 is 0. The number of fused-ring (bicyclic) bond motifs is 1. The van der Waals surface area contributed by atoms with Gasteiger partial charge in [0.15, 0.2) is 5.78 Å². The maximum Gasteiger partial charge on any atom is 0.225 e. The molecular formula is C22H27N5O. The average molecular weight is 377 g/mol. The van der Waals surface area contributed by atoms with Gasteiger partial charge in [-0.25, -0.2) is 9.97 Å². The summed E-state index contributed by atoms with van der Waals surface area (Å²) in [6.07, 6.45) is 5.50. The number of Topliss-reactive ketones (excluding diaryl/α,β-unsaturated/α-hetero) is 1. The second-order valence-electron chi connectivity index (χ2n) is 7.64. The van der Waals surface area contributed by atoms with Crippen molar-refractivity contribution in [1.29, 1.82) is 0 Å². The molecule has 0 unspecified atom stereocenters. The molecule has 146 valence electrons. The molecule has 0 saturated carbocycles.